The lowest BCUT2D eigenvalue weighted by atomic mass is 9.93. The zero-order valence-electron chi connectivity index (χ0n) is 12.4. The number of hydrogen-bond acceptors (Lipinski definition) is 6. The number of carboxylic acid groups (broad SMARTS) is 2. The summed E-state index contributed by atoms with van der Waals surface area (Å²) in [5, 5.41) is 18.8. The summed E-state index contributed by atoms with van der Waals surface area (Å²) < 4.78 is 10.0. The fourth-order valence-electron chi connectivity index (χ4n) is 2.09. The zero-order valence-corrected chi connectivity index (χ0v) is 12.4. The van der Waals surface area contributed by atoms with Crippen LogP contribution in [-0.4, -0.2) is 46.3 Å². The van der Waals surface area contributed by atoms with Gasteiger partial charge in [-0.2, -0.15) is 9.97 Å². The minimum absolute atomic E-state index is 0.0720. The van der Waals surface area contributed by atoms with Gasteiger partial charge in [0.15, 0.2) is 5.82 Å². The maximum absolute atomic E-state index is 11.7. The highest BCUT2D eigenvalue weighted by Gasteiger charge is 2.30. The van der Waals surface area contributed by atoms with E-state index < -0.39 is 17.9 Å². The Morgan fingerprint density at radius 3 is 2.09 bits per heavy atom. The van der Waals surface area contributed by atoms with E-state index >= 15 is 0 Å². The number of aromatic carboxylic acids is 1. The molecule has 2 rings (SSSR count). The molecule has 0 spiro atoms. The Kier molecular flexibility index (Phi) is 4.75. The van der Waals surface area contributed by atoms with E-state index in [-0.39, 0.29) is 28.7 Å². The van der Waals surface area contributed by atoms with Gasteiger partial charge in [-0.25, -0.2) is 4.79 Å². The fourth-order valence-corrected chi connectivity index (χ4v) is 2.09. The number of rotatable bonds is 6. The van der Waals surface area contributed by atoms with Crippen LogP contribution in [0.2, 0.25) is 0 Å². The third-order valence-electron chi connectivity index (χ3n) is 3.12. The highest BCUT2D eigenvalue weighted by Crippen LogP contribution is 2.28. The second-order valence-corrected chi connectivity index (χ2v) is 4.47. The molecule has 2 aromatic rings. The van der Waals surface area contributed by atoms with Gasteiger partial charge in [-0.1, -0.05) is 18.2 Å². The van der Waals surface area contributed by atoms with Crippen LogP contribution in [0.15, 0.2) is 30.3 Å². The largest absolute Gasteiger partial charge is 0.481 e. The number of hydrogen-bond donors (Lipinski definition) is 2. The number of aromatic nitrogens is 2. The molecule has 0 aliphatic carbocycles. The molecule has 0 saturated heterocycles. The van der Waals surface area contributed by atoms with Crippen molar-refractivity contribution in [2.24, 2.45) is 0 Å². The SMILES string of the molecule is COc1cc(OC)nc(C(C(=O)O)c2ccccc2C(=O)O)n1. The van der Waals surface area contributed by atoms with Crippen molar-refractivity contribution in [3.8, 4) is 11.8 Å². The van der Waals surface area contributed by atoms with E-state index in [1.165, 1.54) is 38.5 Å². The van der Waals surface area contributed by atoms with Crippen LogP contribution >= 0.6 is 0 Å². The molecule has 120 valence electrons. The number of carboxylic acids is 2. The average molecular weight is 318 g/mol. The Morgan fingerprint density at radius 1 is 1.04 bits per heavy atom. The minimum atomic E-state index is -1.37. The third kappa shape index (κ3) is 3.37. The second kappa shape index (κ2) is 6.73. The molecular weight excluding hydrogens is 304 g/mol. The molecule has 0 fully saturated rings. The first-order chi connectivity index (χ1) is 11.0. The van der Waals surface area contributed by atoms with Crippen molar-refractivity contribution < 1.29 is 29.3 Å². The molecule has 1 heterocycles. The molecule has 0 saturated carbocycles. The molecule has 0 aliphatic heterocycles. The van der Waals surface area contributed by atoms with Gasteiger partial charge in [0.25, 0.3) is 0 Å². The van der Waals surface area contributed by atoms with Crippen LogP contribution in [0, 0.1) is 0 Å². The van der Waals surface area contributed by atoms with E-state index in [1.807, 2.05) is 0 Å². The maximum atomic E-state index is 11.7. The van der Waals surface area contributed by atoms with Crippen molar-refractivity contribution in [2.75, 3.05) is 14.2 Å². The van der Waals surface area contributed by atoms with Gasteiger partial charge in [-0.3, -0.25) is 4.79 Å². The van der Waals surface area contributed by atoms with Crippen LogP contribution in [0.5, 0.6) is 11.8 Å². The molecule has 1 aromatic heterocycles. The quantitative estimate of drug-likeness (QED) is 0.820. The summed E-state index contributed by atoms with van der Waals surface area (Å²) >= 11 is 0. The topological polar surface area (TPSA) is 119 Å². The first-order valence-corrected chi connectivity index (χ1v) is 6.50. The van der Waals surface area contributed by atoms with Gasteiger partial charge in [0.05, 0.1) is 25.8 Å². The van der Waals surface area contributed by atoms with Gasteiger partial charge in [0, 0.05) is 0 Å². The summed E-state index contributed by atoms with van der Waals surface area (Å²) in [5.41, 5.74) is -0.0620. The molecule has 2 N–H and O–H groups in total. The van der Waals surface area contributed by atoms with E-state index in [0.29, 0.717) is 0 Å². The first kappa shape index (κ1) is 16.2. The van der Waals surface area contributed by atoms with E-state index in [4.69, 9.17) is 9.47 Å². The molecule has 1 unspecified atom stereocenters. The number of benzene rings is 1. The Labute approximate surface area is 131 Å². The van der Waals surface area contributed by atoms with Crippen LogP contribution in [0.3, 0.4) is 0 Å². The van der Waals surface area contributed by atoms with Crippen molar-refractivity contribution >= 4 is 11.9 Å². The molecule has 1 atom stereocenters. The number of aliphatic carboxylic acids is 1. The van der Waals surface area contributed by atoms with Gasteiger partial charge >= 0.3 is 11.9 Å². The predicted octanol–water partition coefficient (Wildman–Crippen LogP) is 1.41. The lowest BCUT2D eigenvalue weighted by molar-refractivity contribution is -0.137. The lowest BCUT2D eigenvalue weighted by Gasteiger charge is -2.15. The van der Waals surface area contributed by atoms with Gasteiger partial charge in [0.2, 0.25) is 11.8 Å². The minimum Gasteiger partial charge on any atom is -0.481 e. The van der Waals surface area contributed by atoms with Crippen LogP contribution in [0.1, 0.15) is 27.7 Å². The normalized spacial score (nSPS) is 11.6. The predicted molar refractivity (Wildman–Crippen MR) is 78.0 cm³/mol. The zero-order chi connectivity index (χ0) is 17.0. The van der Waals surface area contributed by atoms with Crippen molar-refractivity contribution in [2.45, 2.75) is 5.92 Å². The smallest absolute Gasteiger partial charge is 0.336 e. The highest BCUT2D eigenvalue weighted by atomic mass is 16.5. The van der Waals surface area contributed by atoms with Crippen LogP contribution in [-0.2, 0) is 4.79 Å². The summed E-state index contributed by atoms with van der Waals surface area (Å²) in [6, 6.07) is 7.20. The standard InChI is InChI=1S/C15H14N2O6/c1-22-10-7-11(23-2)17-13(16-10)12(15(20)21)8-5-3-4-6-9(8)14(18)19/h3-7,12H,1-2H3,(H,18,19)(H,20,21). The number of ether oxygens (including phenoxy) is 2. The van der Waals surface area contributed by atoms with E-state index in [0.717, 1.165) is 0 Å². The number of methoxy groups -OCH3 is 2. The van der Waals surface area contributed by atoms with Crippen LogP contribution in [0.25, 0.3) is 0 Å². The molecule has 0 amide bonds. The summed E-state index contributed by atoms with van der Waals surface area (Å²) in [6.45, 7) is 0. The summed E-state index contributed by atoms with van der Waals surface area (Å²) in [7, 11) is 2.74. The molecule has 23 heavy (non-hydrogen) atoms. The fraction of sp³-hybridized carbons (Fsp3) is 0.200. The molecule has 8 heteroatoms. The van der Waals surface area contributed by atoms with Crippen molar-refractivity contribution in [3.63, 3.8) is 0 Å². The third-order valence-corrected chi connectivity index (χ3v) is 3.12. The first-order valence-electron chi connectivity index (χ1n) is 6.50. The second-order valence-electron chi connectivity index (χ2n) is 4.47. The van der Waals surface area contributed by atoms with Crippen molar-refractivity contribution in [1.29, 1.82) is 0 Å². The summed E-state index contributed by atoms with van der Waals surface area (Å²) in [6.07, 6.45) is 0. The number of nitrogens with zero attached hydrogens (tertiary/aromatic N) is 2. The summed E-state index contributed by atoms with van der Waals surface area (Å²) in [5.74, 6) is -3.78. The van der Waals surface area contributed by atoms with Crippen LogP contribution in [0.4, 0.5) is 0 Å². The van der Waals surface area contributed by atoms with E-state index in [2.05, 4.69) is 9.97 Å². The molecule has 8 nitrogen and oxygen atoms in total. The molecule has 0 bridgehead atoms. The van der Waals surface area contributed by atoms with Crippen molar-refractivity contribution in [1.82, 2.24) is 9.97 Å². The molecule has 0 aliphatic rings. The number of carbonyl (C=O) groups is 2. The van der Waals surface area contributed by atoms with Gasteiger partial charge in [0.1, 0.15) is 5.92 Å². The Morgan fingerprint density at radius 2 is 1.61 bits per heavy atom. The Balaban J connectivity index is 2.65. The Hall–Kier alpha value is -3.16. The van der Waals surface area contributed by atoms with E-state index in [9.17, 15) is 19.8 Å². The maximum Gasteiger partial charge on any atom is 0.336 e. The monoisotopic (exact) mass is 318 g/mol. The van der Waals surface area contributed by atoms with Gasteiger partial charge < -0.3 is 19.7 Å². The lowest BCUT2D eigenvalue weighted by Crippen LogP contribution is -2.19. The molecule has 0 radical (unpaired) electrons. The van der Waals surface area contributed by atoms with Gasteiger partial charge in [-0.15, -0.1) is 0 Å². The highest BCUT2D eigenvalue weighted by molar-refractivity contribution is 5.92. The van der Waals surface area contributed by atoms with E-state index in [1.54, 1.807) is 6.07 Å². The average Bonchev–Trinajstić information content (AvgIpc) is 2.54. The summed E-state index contributed by atoms with van der Waals surface area (Å²) in [4.78, 5) is 31.1. The molecule has 1 aromatic carbocycles. The van der Waals surface area contributed by atoms with Crippen LogP contribution < -0.4 is 9.47 Å². The van der Waals surface area contributed by atoms with Gasteiger partial charge in [-0.05, 0) is 11.6 Å². The Bertz CT molecular complexity index is 724. The molecular formula is C15H14N2O6. The van der Waals surface area contributed by atoms with Crippen molar-refractivity contribution in [3.05, 3.63) is 47.3 Å².